The minimum atomic E-state index is 0.126. The Balaban J connectivity index is 1.59. The Morgan fingerprint density at radius 2 is 2.15 bits per heavy atom. The molecule has 0 bridgehead atoms. The molecule has 108 valence electrons. The molecule has 1 saturated heterocycles. The van der Waals surface area contributed by atoms with Crippen molar-refractivity contribution in [1.29, 1.82) is 0 Å². The molecule has 2 aliphatic heterocycles. The number of likely N-dealkylation sites (N-methyl/N-ethyl adjacent to an activating group) is 1. The number of fused-ring (bicyclic) bond motifs is 1. The molecular weight excluding hydrogens is 250 g/mol. The number of benzene rings is 1. The highest BCUT2D eigenvalue weighted by molar-refractivity contribution is 5.95. The lowest BCUT2D eigenvalue weighted by Gasteiger charge is -2.21. The number of rotatable bonds is 4. The smallest absolute Gasteiger partial charge is 0.253 e. The van der Waals surface area contributed by atoms with Gasteiger partial charge in [-0.15, -0.1) is 0 Å². The van der Waals surface area contributed by atoms with E-state index in [4.69, 9.17) is 0 Å². The van der Waals surface area contributed by atoms with E-state index in [1.54, 1.807) is 0 Å². The third kappa shape index (κ3) is 2.80. The average molecular weight is 273 g/mol. The molecular formula is C16H23N3O. The van der Waals surface area contributed by atoms with E-state index < -0.39 is 0 Å². The van der Waals surface area contributed by atoms with E-state index in [9.17, 15) is 4.79 Å². The fourth-order valence-electron chi connectivity index (χ4n) is 3.04. The lowest BCUT2D eigenvalue weighted by atomic mass is 10.1. The SMILES string of the molecule is CN(CCN1CCCC1)C(=O)c1ccc2c(c1)NCC2. The van der Waals surface area contributed by atoms with Crippen molar-refractivity contribution in [2.45, 2.75) is 19.3 Å². The number of amides is 1. The largest absolute Gasteiger partial charge is 0.384 e. The van der Waals surface area contributed by atoms with Gasteiger partial charge in [0, 0.05) is 37.9 Å². The van der Waals surface area contributed by atoms with Gasteiger partial charge in [0.25, 0.3) is 5.91 Å². The fraction of sp³-hybridized carbons (Fsp3) is 0.562. The predicted octanol–water partition coefficient (Wildman–Crippen LogP) is 1.82. The molecule has 1 aromatic carbocycles. The van der Waals surface area contributed by atoms with Crippen LogP contribution in [-0.4, -0.2) is 55.5 Å². The lowest BCUT2D eigenvalue weighted by Crippen LogP contribution is -2.35. The molecule has 2 aliphatic rings. The van der Waals surface area contributed by atoms with Gasteiger partial charge in [0.2, 0.25) is 0 Å². The Bertz CT molecular complexity index is 494. The van der Waals surface area contributed by atoms with Crippen LogP contribution in [0, 0.1) is 0 Å². The number of likely N-dealkylation sites (tertiary alicyclic amines) is 1. The number of hydrogen-bond donors (Lipinski definition) is 1. The Morgan fingerprint density at radius 3 is 2.95 bits per heavy atom. The topological polar surface area (TPSA) is 35.6 Å². The van der Waals surface area contributed by atoms with Crippen molar-refractivity contribution in [1.82, 2.24) is 9.80 Å². The summed E-state index contributed by atoms with van der Waals surface area (Å²) in [5.41, 5.74) is 3.24. The molecule has 1 aromatic rings. The highest BCUT2D eigenvalue weighted by Gasteiger charge is 2.17. The number of carbonyl (C=O) groups excluding carboxylic acids is 1. The molecule has 0 aliphatic carbocycles. The maximum absolute atomic E-state index is 12.4. The van der Waals surface area contributed by atoms with Crippen LogP contribution in [0.25, 0.3) is 0 Å². The van der Waals surface area contributed by atoms with Gasteiger partial charge in [-0.05, 0) is 50.0 Å². The van der Waals surface area contributed by atoms with E-state index in [2.05, 4.69) is 16.3 Å². The zero-order chi connectivity index (χ0) is 13.9. The van der Waals surface area contributed by atoms with Gasteiger partial charge < -0.3 is 15.1 Å². The van der Waals surface area contributed by atoms with Gasteiger partial charge in [0.05, 0.1) is 0 Å². The summed E-state index contributed by atoms with van der Waals surface area (Å²) >= 11 is 0. The zero-order valence-electron chi connectivity index (χ0n) is 12.2. The average Bonchev–Trinajstić information content (AvgIpc) is 3.13. The highest BCUT2D eigenvalue weighted by atomic mass is 16.2. The Morgan fingerprint density at radius 1 is 1.35 bits per heavy atom. The third-order valence-corrected chi connectivity index (χ3v) is 4.36. The molecule has 0 radical (unpaired) electrons. The van der Waals surface area contributed by atoms with Crippen molar-refractivity contribution >= 4 is 11.6 Å². The number of carbonyl (C=O) groups is 1. The van der Waals surface area contributed by atoms with Gasteiger partial charge in [-0.3, -0.25) is 4.79 Å². The summed E-state index contributed by atoms with van der Waals surface area (Å²) in [5, 5.41) is 3.33. The zero-order valence-corrected chi connectivity index (χ0v) is 12.2. The van der Waals surface area contributed by atoms with E-state index >= 15 is 0 Å². The molecule has 0 atom stereocenters. The monoisotopic (exact) mass is 273 g/mol. The van der Waals surface area contributed by atoms with Crippen molar-refractivity contribution < 1.29 is 4.79 Å². The van der Waals surface area contributed by atoms with Crippen molar-refractivity contribution in [3.05, 3.63) is 29.3 Å². The first-order valence-electron chi connectivity index (χ1n) is 7.58. The van der Waals surface area contributed by atoms with Gasteiger partial charge in [-0.1, -0.05) is 6.07 Å². The summed E-state index contributed by atoms with van der Waals surface area (Å²) < 4.78 is 0. The highest BCUT2D eigenvalue weighted by Crippen LogP contribution is 2.23. The normalized spacial score (nSPS) is 17.9. The molecule has 1 N–H and O–H groups in total. The first-order chi connectivity index (χ1) is 9.74. The van der Waals surface area contributed by atoms with E-state index in [-0.39, 0.29) is 5.91 Å². The maximum Gasteiger partial charge on any atom is 0.253 e. The minimum Gasteiger partial charge on any atom is -0.384 e. The first-order valence-corrected chi connectivity index (χ1v) is 7.58. The Labute approximate surface area is 120 Å². The van der Waals surface area contributed by atoms with E-state index in [0.717, 1.165) is 37.3 Å². The van der Waals surface area contributed by atoms with E-state index in [0.29, 0.717) is 0 Å². The molecule has 0 aromatic heterocycles. The summed E-state index contributed by atoms with van der Waals surface area (Å²) in [5.74, 6) is 0.126. The number of nitrogens with one attached hydrogen (secondary N) is 1. The van der Waals surface area contributed by atoms with Crippen LogP contribution in [0.2, 0.25) is 0 Å². The number of anilines is 1. The van der Waals surface area contributed by atoms with E-state index in [1.165, 1.54) is 31.5 Å². The molecule has 0 spiro atoms. The predicted molar refractivity (Wildman–Crippen MR) is 81.3 cm³/mol. The lowest BCUT2D eigenvalue weighted by molar-refractivity contribution is 0.0782. The second kappa shape index (κ2) is 5.83. The quantitative estimate of drug-likeness (QED) is 0.909. The minimum absolute atomic E-state index is 0.126. The Kier molecular flexibility index (Phi) is 3.92. The molecule has 2 heterocycles. The van der Waals surface area contributed by atoms with Crippen LogP contribution >= 0.6 is 0 Å². The fourth-order valence-corrected chi connectivity index (χ4v) is 3.04. The number of hydrogen-bond acceptors (Lipinski definition) is 3. The molecule has 20 heavy (non-hydrogen) atoms. The molecule has 1 amide bonds. The van der Waals surface area contributed by atoms with E-state index in [1.807, 2.05) is 24.1 Å². The first kappa shape index (κ1) is 13.4. The van der Waals surface area contributed by atoms with Crippen LogP contribution in [0.15, 0.2) is 18.2 Å². The Hall–Kier alpha value is -1.55. The maximum atomic E-state index is 12.4. The molecule has 4 heteroatoms. The van der Waals surface area contributed by atoms with Crippen molar-refractivity contribution in [2.24, 2.45) is 0 Å². The van der Waals surface area contributed by atoms with Crippen LogP contribution in [-0.2, 0) is 6.42 Å². The van der Waals surface area contributed by atoms with Gasteiger partial charge in [-0.2, -0.15) is 0 Å². The summed E-state index contributed by atoms with van der Waals surface area (Å²) in [7, 11) is 1.90. The molecule has 4 nitrogen and oxygen atoms in total. The second-order valence-electron chi connectivity index (χ2n) is 5.82. The number of nitrogens with zero attached hydrogens (tertiary/aromatic N) is 2. The van der Waals surface area contributed by atoms with Crippen LogP contribution in [0.1, 0.15) is 28.8 Å². The van der Waals surface area contributed by atoms with Crippen LogP contribution < -0.4 is 5.32 Å². The van der Waals surface area contributed by atoms with Crippen LogP contribution in [0.5, 0.6) is 0 Å². The van der Waals surface area contributed by atoms with Crippen molar-refractivity contribution in [2.75, 3.05) is 45.1 Å². The summed E-state index contributed by atoms with van der Waals surface area (Å²) in [6, 6.07) is 6.04. The molecule has 0 saturated carbocycles. The second-order valence-corrected chi connectivity index (χ2v) is 5.82. The van der Waals surface area contributed by atoms with Gasteiger partial charge in [-0.25, -0.2) is 0 Å². The van der Waals surface area contributed by atoms with Crippen molar-refractivity contribution in [3.8, 4) is 0 Å². The third-order valence-electron chi connectivity index (χ3n) is 4.36. The van der Waals surface area contributed by atoms with Crippen LogP contribution in [0.4, 0.5) is 5.69 Å². The van der Waals surface area contributed by atoms with Gasteiger partial charge in [0.1, 0.15) is 0 Å². The molecule has 3 rings (SSSR count). The summed E-state index contributed by atoms with van der Waals surface area (Å²) in [6.45, 7) is 5.15. The summed E-state index contributed by atoms with van der Waals surface area (Å²) in [4.78, 5) is 16.7. The molecule has 1 fully saturated rings. The van der Waals surface area contributed by atoms with Gasteiger partial charge >= 0.3 is 0 Å². The standard InChI is InChI=1S/C16H23N3O/c1-18(10-11-19-8-2-3-9-19)16(20)14-5-4-13-6-7-17-15(13)12-14/h4-5,12,17H,2-3,6-11H2,1H3. The van der Waals surface area contributed by atoms with Crippen LogP contribution in [0.3, 0.4) is 0 Å². The van der Waals surface area contributed by atoms with Crippen molar-refractivity contribution in [3.63, 3.8) is 0 Å². The van der Waals surface area contributed by atoms with Gasteiger partial charge in [0.15, 0.2) is 0 Å². The molecule has 0 unspecified atom stereocenters. The summed E-state index contributed by atoms with van der Waals surface area (Å²) in [6.07, 6.45) is 3.66.